The predicted molar refractivity (Wildman–Crippen MR) is 136 cm³/mol. The number of benzene rings is 3. The van der Waals surface area contributed by atoms with Crippen LogP contribution in [0.15, 0.2) is 89.4 Å². The Labute approximate surface area is 203 Å². The van der Waals surface area contributed by atoms with E-state index in [1.807, 2.05) is 83.8 Å². The van der Waals surface area contributed by atoms with Gasteiger partial charge in [-0.1, -0.05) is 94.8 Å². The number of amides is 1. The molecule has 1 amide bonds. The average Bonchev–Trinajstić information content (AvgIpc) is 3.33. The first-order valence-corrected chi connectivity index (χ1v) is 12.0. The van der Waals surface area contributed by atoms with Crippen molar-refractivity contribution in [2.75, 3.05) is 6.54 Å². The monoisotopic (exact) mass is 507 g/mol. The van der Waals surface area contributed by atoms with Crippen LogP contribution in [0, 0.1) is 0 Å². The molecule has 0 aromatic heterocycles. The molecule has 1 aliphatic rings. The molecule has 0 saturated carbocycles. The zero-order valence-corrected chi connectivity index (χ0v) is 20.1. The lowest BCUT2D eigenvalue weighted by molar-refractivity contribution is -0.124. The zero-order valence-electron chi connectivity index (χ0n) is 17.7. The lowest BCUT2D eigenvalue weighted by atomic mass is 9.98. The van der Waals surface area contributed by atoms with Gasteiger partial charge in [0.2, 0.25) is 5.91 Å². The first-order valence-electron chi connectivity index (χ1n) is 10.8. The molecule has 0 aliphatic carbocycles. The summed E-state index contributed by atoms with van der Waals surface area (Å²) in [6.07, 6.45) is 1.73. The maximum atomic E-state index is 13.4. The van der Waals surface area contributed by atoms with Gasteiger partial charge in [0.15, 0.2) is 5.11 Å². The van der Waals surface area contributed by atoms with Gasteiger partial charge in [-0.05, 0) is 47.8 Å². The van der Waals surface area contributed by atoms with Gasteiger partial charge in [0.1, 0.15) is 6.04 Å². The Kier molecular flexibility index (Phi) is 7.55. The smallest absolute Gasteiger partial charge is 0.243 e. The summed E-state index contributed by atoms with van der Waals surface area (Å²) in [5.74, 6) is 0.00486. The fraction of sp³-hybridized carbons (Fsp3) is 0.231. The standard InChI is InChI=1S/C26H26BrN3OS/c27-22-15-8-7-14-21(22)18-28-26(32)30-17-9-16-23(30)25(31)29-24(19-10-3-1-4-11-19)20-12-5-2-6-13-20/h1-8,10-15,23-24H,9,16-18H2,(H,28,32)(H,29,31)/t23-/m0/s1. The number of hydrogen-bond acceptors (Lipinski definition) is 2. The Hall–Kier alpha value is -2.70. The molecule has 6 heteroatoms. The molecule has 1 fully saturated rings. The number of likely N-dealkylation sites (tertiary alicyclic amines) is 1. The van der Waals surface area contributed by atoms with Crippen LogP contribution in [-0.4, -0.2) is 28.5 Å². The van der Waals surface area contributed by atoms with Crippen molar-refractivity contribution in [2.45, 2.75) is 31.5 Å². The van der Waals surface area contributed by atoms with Gasteiger partial charge in [-0.2, -0.15) is 0 Å². The second-order valence-electron chi connectivity index (χ2n) is 7.86. The number of nitrogens with one attached hydrogen (secondary N) is 2. The van der Waals surface area contributed by atoms with E-state index in [1.54, 1.807) is 0 Å². The highest BCUT2D eigenvalue weighted by Crippen LogP contribution is 2.24. The van der Waals surface area contributed by atoms with Crippen LogP contribution < -0.4 is 10.6 Å². The summed E-state index contributed by atoms with van der Waals surface area (Å²) >= 11 is 9.25. The number of hydrogen-bond donors (Lipinski definition) is 2. The molecule has 1 aliphatic heterocycles. The summed E-state index contributed by atoms with van der Waals surface area (Å²) in [6, 6.07) is 27.8. The Morgan fingerprint density at radius 3 is 2.19 bits per heavy atom. The summed E-state index contributed by atoms with van der Waals surface area (Å²) in [5.41, 5.74) is 3.25. The molecule has 164 valence electrons. The highest BCUT2D eigenvalue weighted by Gasteiger charge is 2.33. The third-order valence-corrected chi connectivity index (χ3v) is 6.91. The highest BCUT2D eigenvalue weighted by molar-refractivity contribution is 9.10. The summed E-state index contributed by atoms with van der Waals surface area (Å²) < 4.78 is 1.04. The van der Waals surface area contributed by atoms with Crippen LogP contribution in [0.4, 0.5) is 0 Å². The molecule has 1 atom stereocenters. The molecule has 0 unspecified atom stereocenters. The van der Waals surface area contributed by atoms with E-state index in [0.717, 1.165) is 40.5 Å². The molecular weight excluding hydrogens is 482 g/mol. The van der Waals surface area contributed by atoms with Crippen LogP contribution >= 0.6 is 28.1 Å². The molecule has 0 spiro atoms. The minimum absolute atomic E-state index is 0.00486. The molecule has 4 nitrogen and oxygen atoms in total. The van der Waals surface area contributed by atoms with Gasteiger partial charge < -0.3 is 15.5 Å². The molecular formula is C26H26BrN3OS. The van der Waals surface area contributed by atoms with Gasteiger partial charge in [0.25, 0.3) is 0 Å². The Morgan fingerprint density at radius 1 is 0.969 bits per heavy atom. The van der Waals surface area contributed by atoms with Crippen LogP contribution in [0.25, 0.3) is 0 Å². The van der Waals surface area contributed by atoms with E-state index in [2.05, 4.69) is 32.6 Å². The molecule has 2 N–H and O–H groups in total. The zero-order chi connectivity index (χ0) is 22.3. The third-order valence-electron chi connectivity index (χ3n) is 5.76. The number of halogens is 1. The molecule has 4 rings (SSSR count). The number of rotatable bonds is 6. The van der Waals surface area contributed by atoms with Crippen molar-refractivity contribution in [3.8, 4) is 0 Å². The Bertz CT molecular complexity index is 1020. The average molecular weight is 508 g/mol. The van der Waals surface area contributed by atoms with E-state index in [0.29, 0.717) is 11.7 Å². The molecule has 3 aromatic rings. The van der Waals surface area contributed by atoms with Gasteiger partial charge in [-0.15, -0.1) is 0 Å². The second-order valence-corrected chi connectivity index (χ2v) is 9.11. The predicted octanol–water partition coefficient (Wildman–Crippen LogP) is 5.19. The SMILES string of the molecule is O=C(NC(c1ccccc1)c1ccccc1)[C@@H]1CCCN1C(=S)NCc1ccccc1Br. The molecule has 0 radical (unpaired) electrons. The van der Waals surface area contributed by atoms with Crippen LogP contribution in [-0.2, 0) is 11.3 Å². The summed E-state index contributed by atoms with van der Waals surface area (Å²) in [4.78, 5) is 15.4. The van der Waals surface area contributed by atoms with Crippen LogP contribution in [0.3, 0.4) is 0 Å². The van der Waals surface area contributed by atoms with Crippen molar-refractivity contribution in [3.63, 3.8) is 0 Å². The van der Waals surface area contributed by atoms with Gasteiger partial charge in [-0.25, -0.2) is 0 Å². The van der Waals surface area contributed by atoms with Gasteiger partial charge in [0, 0.05) is 17.6 Å². The number of thiocarbonyl (C=S) groups is 1. The van der Waals surface area contributed by atoms with Crippen LogP contribution in [0.2, 0.25) is 0 Å². The van der Waals surface area contributed by atoms with Crippen molar-refractivity contribution < 1.29 is 4.79 Å². The summed E-state index contributed by atoms with van der Waals surface area (Å²) in [6.45, 7) is 1.39. The van der Waals surface area contributed by atoms with E-state index in [4.69, 9.17) is 12.2 Å². The van der Waals surface area contributed by atoms with E-state index in [1.165, 1.54) is 0 Å². The fourth-order valence-corrected chi connectivity index (χ4v) is 4.80. The lowest BCUT2D eigenvalue weighted by Gasteiger charge is -2.29. The van der Waals surface area contributed by atoms with E-state index in [9.17, 15) is 4.79 Å². The Balaban J connectivity index is 1.46. The maximum absolute atomic E-state index is 13.4. The lowest BCUT2D eigenvalue weighted by Crippen LogP contribution is -2.50. The van der Waals surface area contributed by atoms with Crippen molar-refractivity contribution in [1.29, 1.82) is 0 Å². The van der Waals surface area contributed by atoms with E-state index in [-0.39, 0.29) is 18.0 Å². The van der Waals surface area contributed by atoms with Crippen molar-refractivity contribution >= 4 is 39.2 Å². The second kappa shape index (κ2) is 10.7. The number of carbonyl (C=O) groups excluding carboxylic acids is 1. The molecule has 1 heterocycles. The molecule has 1 saturated heterocycles. The first kappa shape index (κ1) is 22.5. The van der Waals surface area contributed by atoms with Gasteiger partial charge in [-0.3, -0.25) is 4.79 Å². The van der Waals surface area contributed by atoms with Gasteiger partial charge in [0.05, 0.1) is 6.04 Å². The summed E-state index contributed by atoms with van der Waals surface area (Å²) in [7, 11) is 0. The van der Waals surface area contributed by atoms with Crippen LogP contribution in [0.5, 0.6) is 0 Å². The maximum Gasteiger partial charge on any atom is 0.243 e. The minimum Gasteiger partial charge on any atom is -0.358 e. The van der Waals surface area contributed by atoms with Crippen molar-refractivity contribution in [3.05, 3.63) is 106 Å². The normalized spacial score (nSPS) is 15.6. The quantitative estimate of drug-likeness (QED) is 0.450. The topological polar surface area (TPSA) is 44.4 Å². The minimum atomic E-state index is -0.274. The molecule has 3 aromatic carbocycles. The van der Waals surface area contributed by atoms with Crippen molar-refractivity contribution in [1.82, 2.24) is 15.5 Å². The third kappa shape index (κ3) is 5.37. The highest BCUT2D eigenvalue weighted by atomic mass is 79.9. The van der Waals surface area contributed by atoms with Crippen LogP contribution in [0.1, 0.15) is 35.6 Å². The largest absolute Gasteiger partial charge is 0.358 e. The fourth-order valence-electron chi connectivity index (χ4n) is 4.09. The molecule has 0 bridgehead atoms. The first-order chi connectivity index (χ1) is 15.6. The van der Waals surface area contributed by atoms with Gasteiger partial charge >= 0.3 is 0 Å². The summed E-state index contributed by atoms with van der Waals surface area (Å²) in [5, 5.41) is 7.23. The molecule has 32 heavy (non-hydrogen) atoms. The number of carbonyl (C=O) groups is 1. The van der Waals surface area contributed by atoms with Crippen molar-refractivity contribution in [2.24, 2.45) is 0 Å². The van der Waals surface area contributed by atoms with E-state index >= 15 is 0 Å². The van der Waals surface area contributed by atoms with E-state index < -0.39 is 0 Å². The number of nitrogens with zero attached hydrogens (tertiary/aromatic N) is 1. The Morgan fingerprint density at radius 2 is 1.56 bits per heavy atom.